The van der Waals surface area contributed by atoms with E-state index in [1.165, 1.54) is 19.3 Å². The Hall–Kier alpha value is -3.96. The normalized spacial score (nSPS) is 39.2. The van der Waals surface area contributed by atoms with Gasteiger partial charge in [-0.2, -0.15) is 0 Å². The predicted molar refractivity (Wildman–Crippen MR) is 306 cm³/mol. The number of methoxy groups -OCH3 is 1. The molecule has 2 bridgehead atoms. The summed E-state index contributed by atoms with van der Waals surface area (Å²) in [4.78, 5) is 53.0. The summed E-state index contributed by atoms with van der Waals surface area (Å²) in [7, 11) is 1.45. The number of hydrogen-bond acceptors (Lipinski definition) is 24. The van der Waals surface area contributed by atoms with Gasteiger partial charge in [0.1, 0.15) is 42.7 Å². The number of aromatic hydroxyl groups is 2. The lowest BCUT2D eigenvalue weighted by atomic mass is 9.77. The summed E-state index contributed by atoms with van der Waals surface area (Å²) in [6, 6.07) is 3.55. The molecule has 24 heteroatoms. The van der Waals surface area contributed by atoms with Crippen molar-refractivity contribution in [2.24, 2.45) is 41.4 Å². The van der Waals surface area contributed by atoms with Crippen LogP contribution >= 0.6 is 0 Å². The van der Waals surface area contributed by atoms with Gasteiger partial charge in [-0.05, 0) is 75.5 Å². The maximum atomic E-state index is 13.8. The summed E-state index contributed by atoms with van der Waals surface area (Å²) in [6.07, 6.45) is -17.3. The van der Waals surface area contributed by atoms with Gasteiger partial charge in [0.25, 0.3) is 5.79 Å². The molecule has 0 aliphatic carbocycles. The second kappa shape index (κ2) is 32.7. The number of epoxide rings is 1. The lowest BCUT2D eigenvalue weighted by molar-refractivity contribution is -0.309. The van der Waals surface area contributed by atoms with Crippen molar-refractivity contribution < 1.29 is 118 Å². The van der Waals surface area contributed by atoms with Crippen molar-refractivity contribution in [3.8, 4) is 11.5 Å². The number of ether oxygens (including phenoxy) is 8. The Morgan fingerprint density at radius 3 is 2.05 bits per heavy atom. The molecule has 4 aliphatic rings. The van der Waals surface area contributed by atoms with Crippen LogP contribution in [0.3, 0.4) is 0 Å². The van der Waals surface area contributed by atoms with Gasteiger partial charge in [-0.3, -0.25) is 9.59 Å². The lowest BCUT2D eigenvalue weighted by Crippen LogP contribution is -2.65. The second-order valence-electron chi connectivity index (χ2n) is 25.1. The van der Waals surface area contributed by atoms with Crippen LogP contribution in [-0.2, 0) is 52.3 Å². The molecular formula is C62H100O24. The first-order chi connectivity index (χ1) is 40.3. The van der Waals surface area contributed by atoms with E-state index in [1.807, 2.05) is 6.92 Å². The molecule has 0 aromatic heterocycles. The molecule has 5 rings (SSSR count). The van der Waals surface area contributed by atoms with E-state index in [4.69, 9.17) is 37.9 Å². The fourth-order valence-corrected chi connectivity index (χ4v) is 12.6. The first kappa shape index (κ1) is 72.8. The van der Waals surface area contributed by atoms with Crippen LogP contribution in [0.5, 0.6) is 11.5 Å². The number of phenols is 2. The molecule has 27 atom stereocenters. The minimum atomic E-state index is -3.04. The topological polar surface area (TPSA) is 388 Å². The van der Waals surface area contributed by atoms with Gasteiger partial charge >= 0.3 is 17.9 Å². The highest BCUT2D eigenvalue weighted by Gasteiger charge is 2.56. The van der Waals surface area contributed by atoms with Crippen molar-refractivity contribution in [2.75, 3.05) is 7.11 Å². The number of ketones is 1. The number of carbonyl (C=O) groups excluding carboxylic acids is 4. The van der Waals surface area contributed by atoms with Crippen molar-refractivity contribution in [3.05, 3.63) is 35.9 Å². The number of fused-ring (bicyclic) bond motifs is 3. The molecule has 0 spiro atoms. The van der Waals surface area contributed by atoms with E-state index in [9.17, 15) is 80.5 Å². The molecule has 1 aromatic carbocycles. The van der Waals surface area contributed by atoms with Crippen LogP contribution in [0.4, 0.5) is 0 Å². The molecule has 492 valence electrons. The summed E-state index contributed by atoms with van der Waals surface area (Å²) in [5, 5.41) is 133. The first-order valence-corrected chi connectivity index (χ1v) is 30.7. The Labute approximate surface area is 504 Å². The van der Waals surface area contributed by atoms with Gasteiger partial charge in [0.15, 0.2) is 17.8 Å². The number of esters is 3. The van der Waals surface area contributed by atoms with E-state index in [0.717, 1.165) is 25.1 Å². The van der Waals surface area contributed by atoms with Gasteiger partial charge in [0, 0.05) is 81.8 Å². The number of phenolic OH excluding ortho intramolecular Hbond substituents is 2. The SMILES string of the molecule is CCC(OC1CC(OC(=O)c2ccc(O)c(O)c2)C(OC)C(C)O1)C(C)C(O)C(C)C(O)C(C)C1OC(=O)C=CC(C)C(O)CC(O)C(C)CCCC(C)C(O)C(=O)C2(O)OC(CC(OC(C)=O)CC(O)CCCC(O)C3OC3C1C)CC(O)C2O. The molecule has 4 heterocycles. The highest BCUT2D eigenvalue weighted by molar-refractivity contribution is 5.91. The van der Waals surface area contributed by atoms with E-state index in [-0.39, 0.29) is 69.3 Å². The molecule has 0 saturated carbocycles. The van der Waals surface area contributed by atoms with Crippen molar-refractivity contribution in [1.82, 2.24) is 0 Å². The number of cyclic esters (lactones) is 1. The number of benzene rings is 1. The number of rotatable bonds is 13. The maximum absolute atomic E-state index is 13.8. The monoisotopic (exact) mass is 1230 g/mol. The molecule has 24 nitrogen and oxygen atoms in total. The summed E-state index contributed by atoms with van der Waals surface area (Å²) in [5.74, 6) is -12.4. The van der Waals surface area contributed by atoms with Gasteiger partial charge in [-0.25, -0.2) is 9.59 Å². The Morgan fingerprint density at radius 2 is 1.41 bits per heavy atom. The fraction of sp³-hybridized carbons (Fsp3) is 0.806. The Kier molecular flexibility index (Phi) is 27.7. The molecule has 27 unspecified atom stereocenters. The maximum Gasteiger partial charge on any atom is 0.338 e. The molecule has 0 radical (unpaired) electrons. The molecule has 12 N–H and O–H groups in total. The standard InChI is InChI=1S/C62H100O24/c1-12-48(82-51-28-49(57(79-11)36(9)80-51)83-61(77)38-20-21-42(65)46(69)23-38)32(5)53(73)33(6)54(74)34(7)55-35(8)56-58(85-56)43(66)18-14-17-39(64)24-40(81-37(10)63)25-41-26-47(70)59(75)62(78,86-41)60(76)52(72)31(4)16-13-15-29(2)44(67)27-45(68)30(3)19-22-50(71)84-55/h19-23,29-36,39-41,43-45,47-49,51-59,64-70,72-75,78H,12-18,24-28H2,1-11H3. The quantitative estimate of drug-likeness (QED) is 0.0584. The minimum absolute atomic E-state index is 0.00680. The number of aliphatic hydroxyl groups excluding tert-OH is 9. The van der Waals surface area contributed by atoms with Crippen molar-refractivity contribution in [3.63, 3.8) is 0 Å². The van der Waals surface area contributed by atoms with Gasteiger partial charge in [0.2, 0.25) is 5.78 Å². The molecular weight excluding hydrogens is 1130 g/mol. The smallest absolute Gasteiger partial charge is 0.338 e. The number of hydrogen-bond donors (Lipinski definition) is 12. The molecule has 86 heavy (non-hydrogen) atoms. The highest BCUT2D eigenvalue weighted by atomic mass is 16.7. The molecule has 0 amide bonds. The largest absolute Gasteiger partial charge is 0.504 e. The third-order valence-corrected chi connectivity index (χ3v) is 18.4. The minimum Gasteiger partial charge on any atom is -0.504 e. The fourth-order valence-electron chi connectivity index (χ4n) is 12.6. The van der Waals surface area contributed by atoms with Crippen LogP contribution in [-0.4, -0.2) is 214 Å². The van der Waals surface area contributed by atoms with Gasteiger partial charge in [-0.1, -0.05) is 67.9 Å². The average Bonchev–Trinajstić information content (AvgIpc) is 2.13. The summed E-state index contributed by atoms with van der Waals surface area (Å²) in [6.45, 7) is 16.5. The van der Waals surface area contributed by atoms with Gasteiger partial charge in [-0.15, -0.1) is 0 Å². The molecule has 1 aromatic rings. The predicted octanol–water partition coefficient (Wildman–Crippen LogP) is 3.01. The van der Waals surface area contributed by atoms with Crippen LogP contribution in [0.25, 0.3) is 0 Å². The third-order valence-electron chi connectivity index (χ3n) is 18.4. The van der Waals surface area contributed by atoms with Crippen LogP contribution in [0.2, 0.25) is 0 Å². The highest BCUT2D eigenvalue weighted by Crippen LogP contribution is 2.41. The van der Waals surface area contributed by atoms with Crippen LogP contribution in [0, 0.1) is 41.4 Å². The van der Waals surface area contributed by atoms with Crippen molar-refractivity contribution >= 4 is 23.7 Å². The van der Waals surface area contributed by atoms with Crippen LogP contribution in [0.1, 0.15) is 157 Å². The van der Waals surface area contributed by atoms with E-state index >= 15 is 0 Å². The van der Waals surface area contributed by atoms with Crippen LogP contribution in [0.15, 0.2) is 30.4 Å². The van der Waals surface area contributed by atoms with Crippen molar-refractivity contribution in [2.45, 2.75) is 268 Å². The Bertz CT molecular complexity index is 2340. The summed E-state index contributed by atoms with van der Waals surface area (Å²) >= 11 is 0. The molecule has 3 fully saturated rings. The summed E-state index contributed by atoms with van der Waals surface area (Å²) in [5.41, 5.74) is -0.00680. The van der Waals surface area contributed by atoms with Gasteiger partial charge < -0.3 is 99.2 Å². The molecule has 3 saturated heterocycles. The van der Waals surface area contributed by atoms with E-state index in [0.29, 0.717) is 19.3 Å². The lowest BCUT2D eigenvalue weighted by Gasteiger charge is -2.44. The average molecular weight is 1230 g/mol. The first-order valence-electron chi connectivity index (χ1n) is 30.7. The zero-order chi connectivity index (χ0) is 64.2. The zero-order valence-electron chi connectivity index (χ0n) is 51.6. The number of Topliss-reactive ketones (excluding diaryl/α,β-unsaturated/α-hetero) is 1. The van der Waals surface area contributed by atoms with Gasteiger partial charge in [0.05, 0.1) is 72.7 Å². The van der Waals surface area contributed by atoms with Crippen molar-refractivity contribution in [1.29, 1.82) is 0 Å². The molecule has 4 aliphatic heterocycles. The second-order valence-corrected chi connectivity index (χ2v) is 25.1. The third kappa shape index (κ3) is 19.3. The number of carbonyl (C=O) groups is 4. The zero-order valence-corrected chi connectivity index (χ0v) is 51.6. The van der Waals surface area contributed by atoms with E-state index < -0.39 is 193 Å². The number of aliphatic hydroxyl groups is 10. The Balaban J connectivity index is 1.32. The van der Waals surface area contributed by atoms with Crippen LogP contribution < -0.4 is 0 Å². The Morgan fingerprint density at radius 1 is 0.744 bits per heavy atom. The summed E-state index contributed by atoms with van der Waals surface area (Å²) < 4.78 is 47.5. The van der Waals surface area contributed by atoms with E-state index in [1.54, 1.807) is 55.4 Å². The van der Waals surface area contributed by atoms with E-state index in [2.05, 4.69) is 0 Å².